The number of halogens is 2. The van der Waals surface area contributed by atoms with Gasteiger partial charge in [0.15, 0.2) is 5.76 Å². The number of hydrogen-bond donors (Lipinski definition) is 2. The summed E-state index contributed by atoms with van der Waals surface area (Å²) >= 11 is 12.0. The summed E-state index contributed by atoms with van der Waals surface area (Å²) in [5.41, 5.74) is 1.72. The Morgan fingerprint density at radius 1 is 1.12 bits per heavy atom. The largest absolute Gasteiger partial charge is 0.505 e. The number of rotatable bonds is 3. The number of aliphatic hydroxyl groups excluding tert-OH is 1. The van der Waals surface area contributed by atoms with Gasteiger partial charge >= 0.3 is 0 Å². The van der Waals surface area contributed by atoms with E-state index in [0.717, 1.165) is 0 Å². The molecule has 0 atom stereocenters. The summed E-state index contributed by atoms with van der Waals surface area (Å²) in [6.07, 6.45) is 1.60. The Morgan fingerprint density at radius 3 is 2.46 bits per heavy atom. The molecule has 1 heterocycles. The smallest absolute Gasteiger partial charge is 0.260 e. The Hall–Kier alpha value is -2.43. The molecule has 0 spiro atoms. The average molecular weight is 362 g/mol. The van der Waals surface area contributed by atoms with Gasteiger partial charge < -0.3 is 15.2 Å². The zero-order chi connectivity index (χ0) is 17.3. The van der Waals surface area contributed by atoms with Crippen molar-refractivity contribution in [2.45, 2.75) is 0 Å². The van der Waals surface area contributed by atoms with Crippen molar-refractivity contribution in [2.75, 3.05) is 7.11 Å². The van der Waals surface area contributed by atoms with Crippen molar-refractivity contribution < 1.29 is 14.6 Å². The van der Waals surface area contributed by atoms with Gasteiger partial charge in [0.05, 0.1) is 18.4 Å². The van der Waals surface area contributed by atoms with E-state index >= 15 is 0 Å². The lowest BCUT2D eigenvalue weighted by Gasteiger charge is -2.03. The maximum absolute atomic E-state index is 12.2. The molecule has 1 aliphatic heterocycles. The van der Waals surface area contributed by atoms with Crippen LogP contribution in [0.25, 0.3) is 11.6 Å². The second kappa shape index (κ2) is 6.59. The predicted molar refractivity (Wildman–Crippen MR) is 95.1 cm³/mol. The fourth-order valence-electron chi connectivity index (χ4n) is 2.39. The molecule has 2 N–H and O–H groups in total. The van der Waals surface area contributed by atoms with Crippen LogP contribution in [-0.2, 0) is 4.79 Å². The summed E-state index contributed by atoms with van der Waals surface area (Å²) in [5, 5.41) is 14.0. The van der Waals surface area contributed by atoms with Crippen molar-refractivity contribution in [3.05, 3.63) is 75.1 Å². The van der Waals surface area contributed by atoms with Gasteiger partial charge in [-0.15, -0.1) is 0 Å². The number of methoxy groups -OCH3 is 1. The fraction of sp³-hybridized carbons (Fsp3) is 0.0556. The second-order valence-electron chi connectivity index (χ2n) is 5.13. The fourth-order valence-corrected chi connectivity index (χ4v) is 2.85. The van der Waals surface area contributed by atoms with Gasteiger partial charge in [0.2, 0.25) is 0 Å². The summed E-state index contributed by atoms with van der Waals surface area (Å²) in [4.78, 5) is 12.2. The predicted octanol–water partition coefficient (Wildman–Crippen LogP) is 4.44. The van der Waals surface area contributed by atoms with E-state index in [-0.39, 0.29) is 22.9 Å². The first-order chi connectivity index (χ1) is 11.5. The van der Waals surface area contributed by atoms with Crippen LogP contribution in [0.4, 0.5) is 0 Å². The molecule has 0 saturated carbocycles. The third-order valence-electron chi connectivity index (χ3n) is 3.61. The van der Waals surface area contributed by atoms with E-state index in [4.69, 9.17) is 27.9 Å². The number of amides is 1. The van der Waals surface area contributed by atoms with E-state index in [1.165, 1.54) is 0 Å². The maximum atomic E-state index is 12.2. The Balaban J connectivity index is 2.01. The quantitative estimate of drug-likeness (QED) is 0.849. The van der Waals surface area contributed by atoms with Gasteiger partial charge in [0.25, 0.3) is 5.91 Å². The van der Waals surface area contributed by atoms with Crippen molar-refractivity contribution in [3.63, 3.8) is 0 Å². The van der Waals surface area contributed by atoms with Gasteiger partial charge in [-0.3, -0.25) is 4.79 Å². The number of ether oxygens (including phenoxy) is 1. The lowest BCUT2D eigenvalue weighted by Crippen LogP contribution is -2.15. The molecule has 0 saturated heterocycles. The summed E-state index contributed by atoms with van der Waals surface area (Å²) in [7, 11) is 1.56. The minimum Gasteiger partial charge on any atom is -0.505 e. The van der Waals surface area contributed by atoms with Crippen molar-refractivity contribution in [3.8, 4) is 5.75 Å². The van der Waals surface area contributed by atoms with Crippen LogP contribution < -0.4 is 10.1 Å². The van der Waals surface area contributed by atoms with Crippen LogP contribution in [0.5, 0.6) is 5.75 Å². The van der Waals surface area contributed by atoms with Gasteiger partial charge in [0, 0.05) is 10.0 Å². The monoisotopic (exact) mass is 361 g/mol. The highest BCUT2D eigenvalue weighted by molar-refractivity contribution is 6.35. The Kier molecular flexibility index (Phi) is 4.51. The first-order valence-corrected chi connectivity index (χ1v) is 7.81. The van der Waals surface area contributed by atoms with Gasteiger partial charge in [-0.05, 0) is 41.5 Å². The molecule has 0 bridgehead atoms. The van der Waals surface area contributed by atoms with Crippen molar-refractivity contribution in [1.29, 1.82) is 0 Å². The molecule has 6 heteroatoms. The molecule has 2 aromatic rings. The summed E-state index contributed by atoms with van der Waals surface area (Å²) in [5.74, 6) is 0.158. The summed E-state index contributed by atoms with van der Waals surface area (Å²) in [6.45, 7) is 0. The Labute approximate surface area is 149 Å². The average Bonchev–Trinajstić information content (AvgIpc) is 2.84. The maximum Gasteiger partial charge on any atom is 0.260 e. The number of benzene rings is 2. The van der Waals surface area contributed by atoms with Crippen molar-refractivity contribution in [2.24, 2.45) is 0 Å². The van der Waals surface area contributed by atoms with Crippen LogP contribution in [0.3, 0.4) is 0 Å². The molecule has 4 nitrogen and oxygen atoms in total. The lowest BCUT2D eigenvalue weighted by molar-refractivity contribution is -0.114. The minimum absolute atomic E-state index is 0.129. The molecule has 0 aromatic heterocycles. The number of nitrogens with one attached hydrogen (secondary N) is 1. The van der Waals surface area contributed by atoms with Crippen LogP contribution in [0.2, 0.25) is 10.0 Å². The Morgan fingerprint density at radius 2 is 1.83 bits per heavy atom. The Bertz CT molecular complexity index is 870. The highest BCUT2D eigenvalue weighted by Gasteiger charge is 2.28. The highest BCUT2D eigenvalue weighted by Crippen LogP contribution is 2.31. The number of hydrogen-bond acceptors (Lipinski definition) is 3. The van der Waals surface area contributed by atoms with E-state index in [2.05, 4.69) is 5.32 Å². The van der Waals surface area contributed by atoms with Gasteiger partial charge in [-0.2, -0.15) is 0 Å². The first-order valence-electron chi connectivity index (χ1n) is 7.05. The number of carbonyl (C=O) groups excluding carboxylic acids is 1. The van der Waals surface area contributed by atoms with Crippen LogP contribution in [0, 0.1) is 0 Å². The SMILES string of the molecule is COc1ccc(C2=C(O)/C(=C/c3ccc(Cl)cc3Cl)NC2=O)cc1. The molecule has 3 rings (SSSR count). The summed E-state index contributed by atoms with van der Waals surface area (Å²) < 4.78 is 5.09. The highest BCUT2D eigenvalue weighted by atomic mass is 35.5. The van der Waals surface area contributed by atoms with E-state index in [1.54, 1.807) is 55.7 Å². The van der Waals surface area contributed by atoms with Gasteiger partial charge in [0.1, 0.15) is 5.75 Å². The molecule has 24 heavy (non-hydrogen) atoms. The van der Waals surface area contributed by atoms with E-state index in [1.807, 2.05) is 0 Å². The molecule has 0 aliphatic carbocycles. The lowest BCUT2D eigenvalue weighted by atomic mass is 10.0. The summed E-state index contributed by atoms with van der Waals surface area (Å²) in [6, 6.07) is 11.9. The topological polar surface area (TPSA) is 58.6 Å². The normalized spacial score (nSPS) is 15.8. The molecular formula is C18H13Cl2NO3. The zero-order valence-corrected chi connectivity index (χ0v) is 14.2. The van der Waals surface area contributed by atoms with Crippen molar-refractivity contribution >= 4 is 40.8 Å². The minimum atomic E-state index is -0.381. The van der Waals surface area contributed by atoms with Crippen LogP contribution >= 0.6 is 23.2 Å². The van der Waals surface area contributed by atoms with Crippen LogP contribution in [-0.4, -0.2) is 18.1 Å². The third kappa shape index (κ3) is 3.11. The molecule has 1 aliphatic rings. The van der Waals surface area contributed by atoms with E-state index in [9.17, 15) is 9.90 Å². The van der Waals surface area contributed by atoms with Gasteiger partial charge in [-0.25, -0.2) is 0 Å². The molecule has 0 radical (unpaired) electrons. The second-order valence-corrected chi connectivity index (χ2v) is 5.97. The molecule has 1 amide bonds. The standard InChI is InChI=1S/C18H13Cl2NO3/c1-24-13-6-3-10(4-7-13)16-17(22)15(21-18(16)23)8-11-2-5-12(19)9-14(11)20/h2-9,22H,1H3,(H,21,23)/b15-8-. The third-order valence-corrected chi connectivity index (χ3v) is 4.17. The van der Waals surface area contributed by atoms with Gasteiger partial charge in [-0.1, -0.05) is 41.4 Å². The van der Waals surface area contributed by atoms with Crippen molar-refractivity contribution in [1.82, 2.24) is 5.32 Å². The molecule has 122 valence electrons. The van der Waals surface area contributed by atoms with E-state index in [0.29, 0.717) is 26.9 Å². The molecule has 2 aromatic carbocycles. The zero-order valence-electron chi connectivity index (χ0n) is 12.6. The van der Waals surface area contributed by atoms with Crippen LogP contribution in [0.1, 0.15) is 11.1 Å². The molecule has 0 unspecified atom stereocenters. The molecule has 0 fully saturated rings. The van der Waals surface area contributed by atoms with E-state index < -0.39 is 0 Å². The molecular weight excluding hydrogens is 349 g/mol. The van der Waals surface area contributed by atoms with Crippen LogP contribution in [0.15, 0.2) is 53.9 Å². The first kappa shape index (κ1) is 16.4. The number of carbonyl (C=O) groups is 1. The number of aliphatic hydroxyl groups is 1.